The first-order valence-electron chi connectivity index (χ1n) is 2.00. The van der Waals surface area contributed by atoms with E-state index in [0.29, 0.717) is 0 Å². The van der Waals surface area contributed by atoms with Gasteiger partial charge in [0.05, 0.1) is 0 Å². The van der Waals surface area contributed by atoms with E-state index in [1.807, 2.05) is 13.8 Å². The van der Waals surface area contributed by atoms with Crippen LogP contribution in [0.25, 0.3) is 0 Å². The van der Waals surface area contributed by atoms with Crippen molar-refractivity contribution in [3.05, 3.63) is 40.2 Å². The molecular formula is C8H16WY-. The first kappa shape index (κ1) is 42.8. The molecule has 2 heteroatoms. The fourth-order valence-electron chi connectivity index (χ4n) is 0. The summed E-state index contributed by atoms with van der Waals surface area (Å²) in [6, 6.07) is 0. The number of hydrogen-bond donors (Lipinski definition) is 0. The first-order chi connectivity index (χ1) is 2.91. The standard InChI is InChI=1S/C4H4.C2H6.2CH3.W.Y/c1-3-4-2;1-2;;;;/h1-4H;1-2H3;2*1H3;;/q-2;;2*-1;;+3. The molecule has 0 unspecified atom stereocenters. The predicted molar refractivity (Wildman–Crippen MR) is 41.9 cm³/mol. The zero-order valence-corrected chi connectivity index (χ0v) is 13.1. The Morgan fingerprint density at radius 3 is 1.00 bits per heavy atom. The van der Waals surface area contributed by atoms with Gasteiger partial charge in [-0.15, -0.1) is 0 Å². The van der Waals surface area contributed by atoms with Gasteiger partial charge in [0, 0.05) is 21.1 Å². The van der Waals surface area contributed by atoms with E-state index < -0.39 is 0 Å². The Kier molecular flexibility index (Phi) is 353. The van der Waals surface area contributed by atoms with Crippen LogP contribution in [0.4, 0.5) is 0 Å². The molecule has 0 N–H and O–H groups in total. The summed E-state index contributed by atoms with van der Waals surface area (Å²) in [5, 5.41) is 0. The van der Waals surface area contributed by atoms with E-state index in [1.54, 1.807) is 0 Å². The number of hydrogen-bond acceptors (Lipinski definition) is 0. The van der Waals surface area contributed by atoms with Crippen LogP contribution in [-0.4, -0.2) is 0 Å². The molecule has 10 heavy (non-hydrogen) atoms. The molecule has 0 aliphatic rings. The summed E-state index contributed by atoms with van der Waals surface area (Å²) >= 11 is 0. The van der Waals surface area contributed by atoms with Crippen LogP contribution in [0, 0.1) is 28.0 Å². The Labute approximate surface area is 107 Å². The summed E-state index contributed by atoms with van der Waals surface area (Å²) in [5.74, 6) is 0. The van der Waals surface area contributed by atoms with E-state index in [4.69, 9.17) is 13.2 Å². The smallest absolute Gasteiger partial charge is 0.394 e. The molecule has 0 radical (unpaired) electrons. The van der Waals surface area contributed by atoms with Gasteiger partial charge in [0.25, 0.3) is 0 Å². The van der Waals surface area contributed by atoms with Crippen molar-refractivity contribution in [2.75, 3.05) is 0 Å². The second-order valence-corrected chi connectivity index (χ2v) is 0.385. The minimum absolute atomic E-state index is 0. The molecule has 0 atom stereocenters. The molecule has 0 aliphatic heterocycles. The van der Waals surface area contributed by atoms with Crippen molar-refractivity contribution in [2.45, 2.75) is 13.8 Å². The average molecular weight is 385 g/mol. The van der Waals surface area contributed by atoms with Crippen molar-refractivity contribution in [1.29, 1.82) is 0 Å². The maximum atomic E-state index is 4.72. The van der Waals surface area contributed by atoms with Gasteiger partial charge in [-0.2, -0.15) is 0 Å². The summed E-state index contributed by atoms with van der Waals surface area (Å²) in [6.07, 6.45) is 2.56. The third kappa shape index (κ3) is 123. The molecular weight excluding hydrogens is 369 g/mol. The summed E-state index contributed by atoms with van der Waals surface area (Å²) in [6.45, 7) is 13.4. The molecule has 0 aromatic carbocycles. The minimum atomic E-state index is 0. The zero-order chi connectivity index (χ0) is 5.41. The largest absolute Gasteiger partial charge is 3.00 e. The van der Waals surface area contributed by atoms with Crippen LogP contribution < -0.4 is 0 Å². The molecule has 0 amide bonds. The molecule has 0 nitrogen and oxygen atoms in total. The van der Waals surface area contributed by atoms with Crippen LogP contribution in [0.2, 0.25) is 0 Å². The number of allylic oxidation sites excluding steroid dienone is 2. The predicted octanol–water partition coefficient (Wildman–Crippen LogP) is 2.89. The van der Waals surface area contributed by atoms with Gasteiger partial charge in [-0.05, 0) is 0 Å². The molecule has 0 fully saturated rings. The van der Waals surface area contributed by atoms with Gasteiger partial charge in [-0.25, -0.2) is 0 Å². The van der Waals surface area contributed by atoms with Crippen molar-refractivity contribution in [2.24, 2.45) is 0 Å². The fourth-order valence-corrected chi connectivity index (χ4v) is 0. The van der Waals surface area contributed by atoms with Crippen molar-refractivity contribution < 1.29 is 53.8 Å². The quantitative estimate of drug-likeness (QED) is 0.481. The summed E-state index contributed by atoms with van der Waals surface area (Å²) in [5.41, 5.74) is 0. The van der Waals surface area contributed by atoms with Crippen LogP contribution in [0.5, 0.6) is 0 Å². The van der Waals surface area contributed by atoms with Crippen LogP contribution in [0.1, 0.15) is 13.8 Å². The first-order valence-corrected chi connectivity index (χ1v) is 2.00. The minimum Gasteiger partial charge on any atom is -0.394 e. The summed E-state index contributed by atoms with van der Waals surface area (Å²) in [7, 11) is 0. The fraction of sp³-hybridized carbons (Fsp3) is 0.250. The van der Waals surface area contributed by atoms with Crippen LogP contribution >= 0.6 is 0 Å². The van der Waals surface area contributed by atoms with Gasteiger partial charge in [-0.1, -0.05) is 13.8 Å². The van der Waals surface area contributed by atoms with Crippen LogP contribution in [0.3, 0.4) is 0 Å². The van der Waals surface area contributed by atoms with Crippen LogP contribution in [0.15, 0.2) is 12.2 Å². The molecule has 0 heterocycles. The molecule has 0 aromatic heterocycles. The normalized spacial score (nSPS) is 2.60. The van der Waals surface area contributed by atoms with Crippen LogP contribution in [-0.2, 0) is 53.8 Å². The van der Waals surface area contributed by atoms with Crippen molar-refractivity contribution in [3.8, 4) is 0 Å². The molecule has 0 spiro atoms. The SMILES string of the molecule is CC.[CH-]=CC=[CH-].[CH3-].[CH3-].[W].[Y+3]. The van der Waals surface area contributed by atoms with E-state index in [1.165, 1.54) is 12.2 Å². The van der Waals surface area contributed by atoms with Gasteiger partial charge < -0.3 is 40.2 Å². The second kappa shape index (κ2) is 82.5. The van der Waals surface area contributed by atoms with Gasteiger partial charge in [0.2, 0.25) is 0 Å². The molecule has 0 saturated carbocycles. The molecule has 0 rings (SSSR count). The van der Waals surface area contributed by atoms with Gasteiger partial charge in [0.1, 0.15) is 0 Å². The average Bonchev–Trinajstić information content (AvgIpc) is 1.72. The molecule has 0 aromatic rings. The second-order valence-electron chi connectivity index (χ2n) is 0.385. The van der Waals surface area contributed by atoms with Gasteiger partial charge in [-0.3, -0.25) is 0 Å². The topological polar surface area (TPSA) is 0 Å². The monoisotopic (exact) mass is 385 g/mol. The molecule has 0 aliphatic carbocycles. The summed E-state index contributed by atoms with van der Waals surface area (Å²) in [4.78, 5) is 0. The van der Waals surface area contributed by atoms with E-state index in [9.17, 15) is 0 Å². The zero-order valence-electron chi connectivity index (χ0n) is 7.29. The summed E-state index contributed by atoms with van der Waals surface area (Å²) < 4.78 is 0. The maximum absolute atomic E-state index is 4.72. The Balaban J connectivity index is -0.00000000625. The molecule has 58 valence electrons. The maximum Gasteiger partial charge on any atom is 3.00 e. The van der Waals surface area contributed by atoms with E-state index in [-0.39, 0.29) is 68.6 Å². The Hall–Kier alpha value is 1.27. The third-order valence-electron chi connectivity index (χ3n) is 0.111. The van der Waals surface area contributed by atoms with E-state index in [2.05, 4.69) is 0 Å². The van der Waals surface area contributed by atoms with Gasteiger partial charge in [0.15, 0.2) is 0 Å². The van der Waals surface area contributed by atoms with E-state index >= 15 is 0 Å². The van der Waals surface area contributed by atoms with Crippen molar-refractivity contribution in [1.82, 2.24) is 0 Å². The molecule has 0 bridgehead atoms. The number of rotatable bonds is 1. The Morgan fingerprint density at radius 2 is 1.00 bits per heavy atom. The third-order valence-corrected chi connectivity index (χ3v) is 0.111. The Morgan fingerprint density at radius 1 is 0.900 bits per heavy atom. The molecule has 0 saturated heterocycles. The Bertz CT molecular complexity index is 30.2. The van der Waals surface area contributed by atoms with E-state index in [0.717, 1.165) is 0 Å². The van der Waals surface area contributed by atoms with Crippen molar-refractivity contribution >= 4 is 0 Å². The van der Waals surface area contributed by atoms with Gasteiger partial charge >= 0.3 is 32.7 Å². The van der Waals surface area contributed by atoms with Crippen molar-refractivity contribution in [3.63, 3.8) is 0 Å².